The van der Waals surface area contributed by atoms with E-state index in [1.54, 1.807) is 0 Å². The molecule has 0 spiro atoms. The molecule has 1 aromatic heterocycles. The highest BCUT2D eigenvalue weighted by Crippen LogP contribution is 2.14. The first-order chi connectivity index (χ1) is 5.76. The molecule has 1 N–H and O–H groups in total. The van der Waals surface area contributed by atoms with E-state index in [9.17, 15) is 4.79 Å². The lowest BCUT2D eigenvalue weighted by Gasteiger charge is -1.93. The van der Waals surface area contributed by atoms with Gasteiger partial charge in [0, 0.05) is 0 Å². The van der Waals surface area contributed by atoms with Gasteiger partial charge in [-0.1, -0.05) is 18.3 Å². The third-order valence-electron chi connectivity index (χ3n) is 1.14. The maximum atomic E-state index is 10.8. The highest BCUT2D eigenvalue weighted by molar-refractivity contribution is 7.15. The summed E-state index contributed by atoms with van der Waals surface area (Å²) in [6.45, 7) is 1.98. The molecule has 12 heavy (non-hydrogen) atoms. The van der Waals surface area contributed by atoms with E-state index in [0.29, 0.717) is 5.13 Å². The molecule has 0 atom stereocenters. The maximum absolute atomic E-state index is 10.8. The third kappa shape index (κ3) is 2.42. The average molecular weight is 206 g/mol. The normalized spacial score (nSPS) is 9.83. The maximum Gasteiger partial charge on any atom is 0.241 e. The molecule has 1 aromatic rings. The third-order valence-corrected chi connectivity index (χ3v) is 2.36. The first-order valence-corrected chi connectivity index (χ1v) is 4.79. The van der Waals surface area contributed by atoms with Crippen molar-refractivity contribution < 1.29 is 4.79 Å². The average Bonchev–Trinajstić information content (AvgIpc) is 2.52. The minimum Gasteiger partial charge on any atom is -0.299 e. The van der Waals surface area contributed by atoms with Gasteiger partial charge in [0.25, 0.3) is 0 Å². The smallest absolute Gasteiger partial charge is 0.241 e. The van der Waals surface area contributed by atoms with E-state index in [1.807, 2.05) is 6.92 Å². The minimum atomic E-state index is -0.254. The number of rotatable bonds is 3. The van der Waals surface area contributed by atoms with Gasteiger partial charge in [-0.2, -0.15) is 0 Å². The van der Waals surface area contributed by atoms with Gasteiger partial charge < -0.3 is 0 Å². The molecule has 1 rings (SSSR count). The SMILES string of the molecule is CCc1nnc(NC(=O)CCl)s1. The lowest BCUT2D eigenvalue weighted by atomic mass is 10.5. The Morgan fingerprint density at radius 3 is 2.92 bits per heavy atom. The van der Waals surface area contributed by atoms with E-state index in [2.05, 4.69) is 15.5 Å². The van der Waals surface area contributed by atoms with Gasteiger partial charge in [0.1, 0.15) is 10.9 Å². The van der Waals surface area contributed by atoms with Crippen LogP contribution < -0.4 is 5.32 Å². The predicted molar refractivity (Wildman–Crippen MR) is 48.6 cm³/mol. The van der Waals surface area contributed by atoms with Crippen molar-refractivity contribution in [3.8, 4) is 0 Å². The summed E-state index contributed by atoms with van der Waals surface area (Å²) in [4.78, 5) is 10.8. The summed E-state index contributed by atoms with van der Waals surface area (Å²) >= 11 is 6.65. The van der Waals surface area contributed by atoms with Crippen LogP contribution in [0.1, 0.15) is 11.9 Å². The van der Waals surface area contributed by atoms with Crippen LogP contribution >= 0.6 is 22.9 Å². The van der Waals surface area contributed by atoms with Gasteiger partial charge in [0.05, 0.1) is 0 Å². The molecule has 0 radical (unpaired) electrons. The van der Waals surface area contributed by atoms with Crippen molar-refractivity contribution in [1.82, 2.24) is 10.2 Å². The number of carbonyl (C=O) groups excluding carboxylic acids is 1. The summed E-state index contributed by atoms with van der Waals surface area (Å²) in [6, 6.07) is 0. The quantitative estimate of drug-likeness (QED) is 0.757. The van der Waals surface area contributed by atoms with E-state index < -0.39 is 0 Å². The van der Waals surface area contributed by atoms with Gasteiger partial charge in [-0.25, -0.2) is 0 Å². The fraction of sp³-hybridized carbons (Fsp3) is 0.500. The number of alkyl halides is 1. The van der Waals surface area contributed by atoms with E-state index in [1.165, 1.54) is 11.3 Å². The van der Waals surface area contributed by atoms with Crippen molar-refractivity contribution in [1.29, 1.82) is 0 Å². The number of nitrogens with zero attached hydrogens (tertiary/aromatic N) is 2. The summed E-state index contributed by atoms with van der Waals surface area (Å²) in [5.74, 6) is -0.309. The van der Waals surface area contributed by atoms with Crippen LogP contribution in [0.4, 0.5) is 5.13 Å². The fourth-order valence-electron chi connectivity index (χ4n) is 0.600. The van der Waals surface area contributed by atoms with Gasteiger partial charge >= 0.3 is 0 Å². The molecule has 4 nitrogen and oxygen atoms in total. The molecular formula is C6H8ClN3OS. The van der Waals surface area contributed by atoms with Crippen molar-refractivity contribution in [2.75, 3.05) is 11.2 Å². The molecular weight excluding hydrogens is 198 g/mol. The molecule has 0 saturated carbocycles. The van der Waals surface area contributed by atoms with Crippen LogP contribution in [-0.2, 0) is 11.2 Å². The largest absolute Gasteiger partial charge is 0.299 e. The molecule has 0 bridgehead atoms. The summed E-state index contributed by atoms with van der Waals surface area (Å²) < 4.78 is 0. The second-order valence-electron chi connectivity index (χ2n) is 2.04. The number of carbonyl (C=O) groups is 1. The predicted octanol–water partition coefficient (Wildman–Crippen LogP) is 1.28. The molecule has 0 aliphatic rings. The summed E-state index contributed by atoms with van der Waals surface area (Å²) in [5.41, 5.74) is 0. The Kier molecular flexibility index (Phi) is 3.43. The second-order valence-corrected chi connectivity index (χ2v) is 3.37. The van der Waals surface area contributed by atoms with E-state index >= 15 is 0 Å². The molecule has 0 unspecified atom stereocenters. The van der Waals surface area contributed by atoms with Gasteiger partial charge in [-0.3, -0.25) is 10.1 Å². The molecule has 0 saturated heterocycles. The first kappa shape index (κ1) is 9.41. The number of aromatic nitrogens is 2. The van der Waals surface area contributed by atoms with Gasteiger partial charge in [-0.15, -0.1) is 21.8 Å². The molecule has 1 amide bonds. The zero-order valence-corrected chi connectivity index (χ0v) is 8.08. The Hall–Kier alpha value is -0.680. The Morgan fingerprint density at radius 1 is 1.67 bits per heavy atom. The number of nitrogens with one attached hydrogen (secondary N) is 1. The highest BCUT2D eigenvalue weighted by atomic mass is 35.5. The van der Waals surface area contributed by atoms with Crippen LogP contribution in [0.3, 0.4) is 0 Å². The van der Waals surface area contributed by atoms with Crippen LogP contribution in [0.2, 0.25) is 0 Å². The number of hydrogen-bond acceptors (Lipinski definition) is 4. The van der Waals surface area contributed by atoms with Crippen LogP contribution in [-0.4, -0.2) is 22.0 Å². The number of amides is 1. The van der Waals surface area contributed by atoms with Gasteiger partial charge in [0.2, 0.25) is 11.0 Å². The number of hydrogen-bond donors (Lipinski definition) is 1. The van der Waals surface area contributed by atoms with Crippen LogP contribution in [0.5, 0.6) is 0 Å². The van der Waals surface area contributed by atoms with Crippen LogP contribution in [0.25, 0.3) is 0 Å². The minimum absolute atomic E-state index is 0.0545. The van der Waals surface area contributed by atoms with Gasteiger partial charge in [-0.05, 0) is 6.42 Å². The van der Waals surface area contributed by atoms with Crippen LogP contribution in [0.15, 0.2) is 0 Å². The summed E-state index contributed by atoms with van der Waals surface area (Å²) in [6.07, 6.45) is 0.828. The Labute approximate surface area is 79.0 Å². The summed E-state index contributed by atoms with van der Waals surface area (Å²) in [5, 5.41) is 11.5. The van der Waals surface area contributed by atoms with Crippen molar-refractivity contribution in [2.45, 2.75) is 13.3 Å². The van der Waals surface area contributed by atoms with Crippen LogP contribution in [0, 0.1) is 0 Å². The molecule has 6 heteroatoms. The zero-order valence-electron chi connectivity index (χ0n) is 6.50. The van der Waals surface area contributed by atoms with Crippen molar-refractivity contribution in [2.24, 2.45) is 0 Å². The topological polar surface area (TPSA) is 54.9 Å². The van der Waals surface area contributed by atoms with Crippen molar-refractivity contribution in [3.05, 3.63) is 5.01 Å². The zero-order chi connectivity index (χ0) is 8.97. The lowest BCUT2D eigenvalue weighted by molar-refractivity contribution is -0.113. The number of halogens is 1. The Bertz CT molecular complexity index is 276. The van der Waals surface area contributed by atoms with E-state index in [4.69, 9.17) is 11.6 Å². The molecule has 0 fully saturated rings. The molecule has 1 heterocycles. The molecule has 66 valence electrons. The highest BCUT2D eigenvalue weighted by Gasteiger charge is 2.04. The first-order valence-electron chi connectivity index (χ1n) is 3.44. The standard InChI is InChI=1S/C6H8ClN3OS/c1-2-5-9-10-6(12-5)8-4(11)3-7/h2-3H2,1H3,(H,8,10,11). The monoisotopic (exact) mass is 205 g/mol. The number of anilines is 1. The Morgan fingerprint density at radius 2 is 2.42 bits per heavy atom. The Balaban J connectivity index is 2.58. The van der Waals surface area contributed by atoms with Gasteiger partial charge in [0.15, 0.2) is 0 Å². The van der Waals surface area contributed by atoms with E-state index in [-0.39, 0.29) is 11.8 Å². The second kappa shape index (κ2) is 4.37. The lowest BCUT2D eigenvalue weighted by Crippen LogP contribution is -2.12. The molecule has 0 aromatic carbocycles. The van der Waals surface area contributed by atoms with E-state index in [0.717, 1.165) is 11.4 Å². The molecule has 0 aliphatic heterocycles. The fourth-order valence-corrected chi connectivity index (χ4v) is 1.36. The van der Waals surface area contributed by atoms with Crippen molar-refractivity contribution in [3.63, 3.8) is 0 Å². The number of aryl methyl sites for hydroxylation is 1. The summed E-state index contributed by atoms with van der Waals surface area (Å²) in [7, 11) is 0. The van der Waals surface area contributed by atoms with Crippen molar-refractivity contribution >= 4 is 34.0 Å². The molecule has 0 aliphatic carbocycles.